The first-order chi connectivity index (χ1) is 8.67. The summed E-state index contributed by atoms with van der Waals surface area (Å²) in [6.45, 7) is 1.50. The van der Waals surface area contributed by atoms with E-state index in [0.717, 1.165) is 10.0 Å². The average Bonchev–Trinajstić information content (AvgIpc) is 2.37. The van der Waals surface area contributed by atoms with E-state index in [9.17, 15) is 4.39 Å². The van der Waals surface area contributed by atoms with Gasteiger partial charge in [-0.05, 0) is 30.2 Å². The van der Waals surface area contributed by atoms with Gasteiger partial charge in [0, 0.05) is 17.6 Å². The first-order valence-electron chi connectivity index (χ1n) is 5.64. The number of methoxy groups -OCH3 is 1. The molecule has 1 aromatic rings. The lowest BCUT2D eigenvalue weighted by Gasteiger charge is -2.17. The molecule has 0 heterocycles. The fraction of sp³-hybridized carbons (Fsp3) is 0.500. The molecule has 4 nitrogen and oxygen atoms in total. The van der Waals surface area contributed by atoms with Crippen molar-refractivity contribution >= 4 is 15.9 Å². The smallest absolute Gasteiger partial charge is 0.123 e. The monoisotopic (exact) mass is 320 g/mol. The molecule has 1 rings (SSSR count). The van der Waals surface area contributed by atoms with Crippen LogP contribution in [-0.4, -0.2) is 33.0 Å². The molecule has 0 aliphatic heterocycles. The number of hydrogen-bond donors (Lipinski definition) is 2. The molecule has 0 spiro atoms. The molecule has 0 aliphatic carbocycles. The van der Waals surface area contributed by atoms with E-state index < -0.39 is 0 Å². The molecule has 18 heavy (non-hydrogen) atoms. The van der Waals surface area contributed by atoms with Gasteiger partial charge in [0.2, 0.25) is 0 Å². The molecule has 0 aromatic heterocycles. The highest BCUT2D eigenvalue weighted by Crippen LogP contribution is 2.19. The van der Waals surface area contributed by atoms with Crippen molar-refractivity contribution < 1.29 is 13.9 Å². The molecule has 0 aliphatic rings. The third kappa shape index (κ3) is 5.41. The summed E-state index contributed by atoms with van der Waals surface area (Å²) in [6.07, 6.45) is 0.585. The number of benzene rings is 1. The summed E-state index contributed by atoms with van der Waals surface area (Å²) in [5.74, 6) is 5.19. The summed E-state index contributed by atoms with van der Waals surface area (Å²) in [4.78, 5) is 0. The first-order valence-corrected chi connectivity index (χ1v) is 6.43. The SMILES string of the molecule is COCCOCC(Cc1cc(F)ccc1Br)NN. The summed E-state index contributed by atoms with van der Waals surface area (Å²) in [5, 5.41) is 0. The second-order valence-electron chi connectivity index (χ2n) is 3.87. The van der Waals surface area contributed by atoms with Crippen LogP contribution in [0.3, 0.4) is 0 Å². The van der Waals surface area contributed by atoms with Gasteiger partial charge in [0.1, 0.15) is 5.82 Å². The molecule has 0 saturated heterocycles. The Morgan fingerprint density at radius 3 is 2.89 bits per heavy atom. The molecule has 0 bridgehead atoms. The van der Waals surface area contributed by atoms with E-state index in [1.54, 1.807) is 13.2 Å². The van der Waals surface area contributed by atoms with E-state index in [1.807, 2.05) is 0 Å². The lowest BCUT2D eigenvalue weighted by atomic mass is 10.1. The molecule has 0 saturated carbocycles. The molecular weight excluding hydrogens is 303 g/mol. The third-order valence-corrected chi connectivity index (χ3v) is 3.23. The number of ether oxygens (including phenoxy) is 2. The number of hydrazine groups is 1. The standard InChI is InChI=1S/C12H18BrFN2O2/c1-17-4-5-18-8-11(16-15)7-9-6-10(14)2-3-12(9)13/h2-3,6,11,16H,4-5,7-8,15H2,1H3. The minimum absolute atomic E-state index is 0.0695. The van der Waals surface area contributed by atoms with Crippen LogP contribution in [0, 0.1) is 5.82 Å². The zero-order valence-electron chi connectivity index (χ0n) is 10.3. The van der Waals surface area contributed by atoms with Gasteiger partial charge in [0.05, 0.1) is 19.8 Å². The van der Waals surface area contributed by atoms with Gasteiger partial charge in [0.15, 0.2) is 0 Å². The van der Waals surface area contributed by atoms with Crippen molar-refractivity contribution in [2.75, 3.05) is 26.9 Å². The molecule has 102 valence electrons. The maximum Gasteiger partial charge on any atom is 0.123 e. The van der Waals surface area contributed by atoms with Gasteiger partial charge in [-0.3, -0.25) is 11.3 Å². The van der Waals surface area contributed by atoms with E-state index in [0.29, 0.717) is 26.2 Å². The van der Waals surface area contributed by atoms with Crippen molar-refractivity contribution in [3.63, 3.8) is 0 Å². The van der Waals surface area contributed by atoms with Crippen molar-refractivity contribution in [3.8, 4) is 0 Å². The summed E-state index contributed by atoms with van der Waals surface area (Å²) < 4.78 is 24.3. The van der Waals surface area contributed by atoms with Crippen molar-refractivity contribution in [2.45, 2.75) is 12.5 Å². The Kier molecular flexibility index (Phi) is 7.38. The topological polar surface area (TPSA) is 56.5 Å². The third-order valence-electron chi connectivity index (χ3n) is 2.46. The Labute approximate surface area is 115 Å². The second kappa shape index (κ2) is 8.55. The van der Waals surface area contributed by atoms with Gasteiger partial charge in [-0.25, -0.2) is 4.39 Å². The lowest BCUT2D eigenvalue weighted by molar-refractivity contribution is 0.0587. The molecule has 1 atom stereocenters. The minimum atomic E-state index is -0.260. The van der Waals surface area contributed by atoms with Crippen LogP contribution in [0.1, 0.15) is 5.56 Å². The number of nitrogens with two attached hydrogens (primary N) is 1. The fourth-order valence-electron chi connectivity index (χ4n) is 1.50. The van der Waals surface area contributed by atoms with Crippen LogP contribution in [0.2, 0.25) is 0 Å². The number of rotatable bonds is 8. The fourth-order valence-corrected chi connectivity index (χ4v) is 1.91. The van der Waals surface area contributed by atoms with E-state index in [-0.39, 0.29) is 11.9 Å². The maximum atomic E-state index is 13.1. The van der Waals surface area contributed by atoms with Gasteiger partial charge in [0.25, 0.3) is 0 Å². The molecule has 0 amide bonds. The molecule has 0 fully saturated rings. The Bertz CT molecular complexity index is 366. The summed E-state index contributed by atoms with van der Waals surface area (Å²) in [6, 6.07) is 4.51. The van der Waals surface area contributed by atoms with Gasteiger partial charge in [-0.1, -0.05) is 15.9 Å². The van der Waals surface area contributed by atoms with E-state index >= 15 is 0 Å². The number of nitrogens with one attached hydrogen (secondary N) is 1. The Balaban J connectivity index is 2.48. The second-order valence-corrected chi connectivity index (χ2v) is 4.73. The van der Waals surface area contributed by atoms with Crippen LogP contribution in [0.5, 0.6) is 0 Å². The predicted octanol–water partition coefficient (Wildman–Crippen LogP) is 1.63. The molecular formula is C12H18BrFN2O2. The van der Waals surface area contributed by atoms with Crippen LogP contribution < -0.4 is 11.3 Å². The van der Waals surface area contributed by atoms with Gasteiger partial charge in [-0.15, -0.1) is 0 Å². The van der Waals surface area contributed by atoms with Crippen LogP contribution in [0.15, 0.2) is 22.7 Å². The molecule has 6 heteroatoms. The molecule has 0 radical (unpaired) electrons. The van der Waals surface area contributed by atoms with Crippen molar-refractivity contribution in [2.24, 2.45) is 5.84 Å². The lowest BCUT2D eigenvalue weighted by Crippen LogP contribution is -2.40. The van der Waals surface area contributed by atoms with Gasteiger partial charge >= 0.3 is 0 Å². The number of halogens is 2. The molecule has 1 unspecified atom stereocenters. The van der Waals surface area contributed by atoms with Crippen LogP contribution >= 0.6 is 15.9 Å². The highest BCUT2D eigenvalue weighted by molar-refractivity contribution is 9.10. The first kappa shape index (κ1) is 15.5. The van der Waals surface area contributed by atoms with Crippen LogP contribution in [0.4, 0.5) is 4.39 Å². The molecule has 1 aromatic carbocycles. The zero-order chi connectivity index (χ0) is 13.4. The van der Waals surface area contributed by atoms with E-state index in [2.05, 4.69) is 21.4 Å². The summed E-state index contributed by atoms with van der Waals surface area (Å²) in [7, 11) is 1.62. The highest BCUT2D eigenvalue weighted by Gasteiger charge is 2.11. The Morgan fingerprint density at radius 2 is 2.22 bits per heavy atom. The normalized spacial score (nSPS) is 12.7. The summed E-state index contributed by atoms with van der Waals surface area (Å²) >= 11 is 3.39. The van der Waals surface area contributed by atoms with Gasteiger partial charge in [-0.2, -0.15) is 0 Å². The minimum Gasteiger partial charge on any atom is -0.382 e. The molecule has 3 N–H and O–H groups in total. The maximum absolute atomic E-state index is 13.1. The number of hydrogen-bond acceptors (Lipinski definition) is 4. The van der Waals surface area contributed by atoms with Gasteiger partial charge < -0.3 is 9.47 Å². The van der Waals surface area contributed by atoms with Crippen molar-refractivity contribution in [3.05, 3.63) is 34.1 Å². The average molecular weight is 321 g/mol. The largest absolute Gasteiger partial charge is 0.382 e. The van der Waals surface area contributed by atoms with Crippen LogP contribution in [0.25, 0.3) is 0 Å². The highest BCUT2D eigenvalue weighted by atomic mass is 79.9. The Morgan fingerprint density at radius 1 is 1.44 bits per heavy atom. The Hall–Kier alpha value is -0.530. The van der Waals surface area contributed by atoms with E-state index in [1.165, 1.54) is 12.1 Å². The van der Waals surface area contributed by atoms with Crippen molar-refractivity contribution in [1.29, 1.82) is 0 Å². The summed E-state index contributed by atoms with van der Waals surface area (Å²) in [5.41, 5.74) is 3.52. The quantitative estimate of drug-likeness (QED) is 0.434. The van der Waals surface area contributed by atoms with E-state index in [4.69, 9.17) is 15.3 Å². The van der Waals surface area contributed by atoms with Crippen LogP contribution in [-0.2, 0) is 15.9 Å². The zero-order valence-corrected chi connectivity index (χ0v) is 11.9. The van der Waals surface area contributed by atoms with Crippen molar-refractivity contribution in [1.82, 2.24) is 5.43 Å². The predicted molar refractivity (Wildman–Crippen MR) is 71.6 cm³/mol.